The second-order valence-electron chi connectivity index (χ2n) is 9.28. The first-order valence-corrected chi connectivity index (χ1v) is 13.8. The normalized spacial score (nSPS) is 11.9. The zero-order valence-electron chi connectivity index (χ0n) is 19.6. The second kappa shape index (κ2) is 7.87. The number of nitrogens with zero attached hydrogens (tertiary/aromatic N) is 1. The molecule has 0 spiro atoms. The Hall–Kier alpha value is -4.25. The van der Waals surface area contributed by atoms with Crippen molar-refractivity contribution in [3.05, 3.63) is 109 Å². The molecule has 3 heterocycles. The zero-order chi connectivity index (χ0) is 24.5. The van der Waals surface area contributed by atoms with Gasteiger partial charge in [-0.05, 0) is 29.8 Å². The van der Waals surface area contributed by atoms with Crippen LogP contribution in [0.15, 0.2) is 109 Å². The Morgan fingerprint density at radius 1 is 0.486 bits per heavy atom. The van der Waals surface area contributed by atoms with Crippen molar-refractivity contribution in [1.82, 2.24) is 4.98 Å². The number of hydrogen-bond donors (Lipinski definition) is 1. The van der Waals surface area contributed by atoms with Gasteiger partial charge in [0.15, 0.2) is 0 Å². The maximum Gasteiger partial charge on any atom is 0.149 e. The topological polar surface area (TPSA) is 33.1 Å². The summed E-state index contributed by atoms with van der Waals surface area (Å²) >= 11 is 3.60. The van der Waals surface area contributed by atoms with E-state index in [2.05, 4.69) is 102 Å². The van der Waals surface area contributed by atoms with Crippen LogP contribution in [-0.2, 0) is 0 Å². The molecular formula is C33H19NOS2. The van der Waals surface area contributed by atoms with Gasteiger partial charge in [-0.15, -0.1) is 22.7 Å². The fraction of sp³-hybridized carbons (Fsp3) is 0. The minimum absolute atomic E-state index is 0.229. The molecule has 0 saturated carbocycles. The van der Waals surface area contributed by atoms with Crippen LogP contribution in [0.25, 0.3) is 73.5 Å². The minimum Gasteiger partial charge on any atom is -0.505 e. The van der Waals surface area contributed by atoms with E-state index in [-0.39, 0.29) is 5.75 Å². The van der Waals surface area contributed by atoms with Crippen molar-refractivity contribution >= 4 is 73.9 Å². The lowest BCUT2D eigenvalue weighted by Gasteiger charge is -2.14. The Morgan fingerprint density at radius 2 is 1.03 bits per heavy atom. The SMILES string of the molecule is Oc1c(-c2cccc3c2sc2ccccc23)cc(-c2cccc3c2sc2ccccc23)c2cccnc12. The summed E-state index contributed by atoms with van der Waals surface area (Å²) in [6, 6.07) is 36.2. The first-order valence-electron chi connectivity index (χ1n) is 12.2. The van der Waals surface area contributed by atoms with Crippen LogP contribution in [0, 0.1) is 0 Å². The van der Waals surface area contributed by atoms with Crippen molar-refractivity contribution in [2.24, 2.45) is 0 Å². The molecule has 2 nitrogen and oxygen atoms in total. The molecule has 0 saturated heterocycles. The number of aromatic hydroxyl groups is 1. The van der Waals surface area contributed by atoms with Gasteiger partial charge in [0.1, 0.15) is 11.3 Å². The number of hydrogen-bond acceptors (Lipinski definition) is 4. The molecule has 0 amide bonds. The number of phenolic OH excluding ortho intramolecular Hbond substituents is 1. The summed E-state index contributed by atoms with van der Waals surface area (Å²) in [4.78, 5) is 4.66. The Bertz CT molecular complexity index is 2170. The highest BCUT2D eigenvalue weighted by atomic mass is 32.1. The lowest BCUT2D eigenvalue weighted by molar-refractivity contribution is 0.482. The third kappa shape index (κ3) is 3.00. The number of fused-ring (bicyclic) bond motifs is 7. The average molecular weight is 510 g/mol. The Labute approximate surface area is 220 Å². The van der Waals surface area contributed by atoms with Crippen LogP contribution < -0.4 is 0 Å². The van der Waals surface area contributed by atoms with Gasteiger partial charge in [0.05, 0.1) is 0 Å². The van der Waals surface area contributed by atoms with Crippen LogP contribution in [0.5, 0.6) is 5.75 Å². The summed E-state index contributed by atoms with van der Waals surface area (Å²) in [5.41, 5.74) is 4.74. The largest absolute Gasteiger partial charge is 0.505 e. The number of phenols is 1. The number of aromatic nitrogens is 1. The second-order valence-corrected chi connectivity index (χ2v) is 11.4. The average Bonchev–Trinajstić information content (AvgIpc) is 3.52. The highest BCUT2D eigenvalue weighted by molar-refractivity contribution is 7.26. The Kier molecular flexibility index (Phi) is 4.45. The van der Waals surface area contributed by atoms with Gasteiger partial charge in [-0.1, -0.05) is 78.9 Å². The maximum atomic E-state index is 11.6. The molecule has 37 heavy (non-hydrogen) atoms. The molecule has 5 aromatic carbocycles. The molecular weight excluding hydrogens is 491 g/mol. The van der Waals surface area contributed by atoms with Crippen LogP contribution in [0.1, 0.15) is 0 Å². The third-order valence-electron chi connectivity index (χ3n) is 7.25. The summed E-state index contributed by atoms with van der Waals surface area (Å²) in [6.45, 7) is 0. The number of benzene rings is 5. The predicted octanol–water partition coefficient (Wildman–Crippen LogP) is 10.0. The van der Waals surface area contributed by atoms with Crippen molar-refractivity contribution in [2.45, 2.75) is 0 Å². The summed E-state index contributed by atoms with van der Waals surface area (Å²) in [7, 11) is 0. The summed E-state index contributed by atoms with van der Waals surface area (Å²) in [6.07, 6.45) is 1.76. The number of thiophene rings is 2. The van der Waals surface area contributed by atoms with Crippen molar-refractivity contribution in [2.75, 3.05) is 0 Å². The van der Waals surface area contributed by atoms with Gasteiger partial charge in [-0.3, -0.25) is 4.98 Å². The molecule has 0 atom stereocenters. The molecule has 0 bridgehead atoms. The molecule has 4 heteroatoms. The molecule has 0 radical (unpaired) electrons. The smallest absolute Gasteiger partial charge is 0.149 e. The molecule has 3 aromatic heterocycles. The van der Waals surface area contributed by atoms with Gasteiger partial charge in [-0.2, -0.15) is 0 Å². The van der Waals surface area contributed by atoms with Crippen LogP contribution in [-0.4, -0.2) is 10.1 Å². The van der Waals surface area contributed by atoms with E-state index in [1.165, 1.54) is 45.9 Å². The number of pyridine rings is 1. The van der Waals surface area contributed by atoms with Gasteiger partial charge >= 0.3 is 0 Å². The van der Waals surface area contributed by atoms with E-state index in [9.17, 15) is 5.11 Å². The van der Waals surface area contributed by atoms with E-state index in [1.807, 2.05) is 17.4 Å². The molecule has 0 aliphatic carbocycles. The van der Waals surface area contributed by atoms with Crippen molar-refractivity contribution in [1.29, 1.82) is 0 Å². The van der Waals surface area contributed by atoms with Crippen molar-refractivity contribution in [3.8, 4) is 28.0 Å². The Balaban J connectivity index is 1.49. The van der Waals surface area contributed by atoms with E-state index in [0.29, 0.717) is 5.52 Å². The molecule has 174 valence electrons. The molecule has 0 aliphatic heterocycles. The lowest BCUT2D eigenvalue weighted by Crippen LogP contribution is -1.89. The van der Waals surface area contributed by atoms with Gasteiger partial charge < -0.3 is 5.11 Å². The third-order valence-corrected chi connectivity index (χ3v) is 9.69. The lowest BCUT2D eigenvalue weighted by atomic mass is 9.92. The van der Waals surface area contributed by atoms with Gasteiger partial charge in [0, 0.05) is 68.6 Å². The van der Waals surface area contributed by atoms with E-state index in [4.69, 9.17) is 0 Å². The van der Waals surface area contributed by atoms with E-state index < -0.39 is 0 Å². The molecule has 0 unspecified atom stereocenters. The van der Waals surface area contributed by atoms with Gasteiger partial charge in [0.25, 0.3) is 0 Å². The fourth-order valence-electron chi connectivity index (χ4n) is 5.58. The van der Waals surface area contributed by atoms with Crippen molar-refractivity contribution in [3.63, 3.8) is 0 Å². The molecule has 0 fully saturated rings. The molecule has 8 rings (SSSR count). The highest BCUT2D eigenvalue weighted by Gasteiger charge is 2.20. The fourth-order valence-corrected chi connectivity index (χ4v) is 8.04. The first kappa shape index (κ1) is 20.9. The monoisotopic (exact) mass is 509 g/mol. The quantitative estimate of drug-likeness (QED) is 0.251. The summed E-state index contributed by atoms with van der Waals surface area (Å²) in [5.74, 6) is 0.229. The Morgan fingerprint density at radius 3 is 1.68 bits per heavy atom. The first-order chi connectivity index (χ1) is 18.3. The highest BCUT2D eigenvalue weighted by Crippen LogP contribution is 2.48. The van der Waals surface area contributed by atoms with Crippen LogP contribution in [0.3, 0.4) is 0 Å². The van der Waals surface area contributed by atoms with Crippen LogP contribution >= 0.6 is 22.7 Å². The summed E-state index contributed by atoms with van der Waals surface area (Å²) in [5, 5.41) is 17.5. The molecule has 1 N–H and O–H groups in total. The zero-order valence-corrected chi connectivity index (χ0v) is 21.2. The maximum absolute atomic E-state index is 11.6. The standard InChI is InChI=1S/C33H19NOS2/c35-31-27(25-13-6-11-23-20-9-2-4-16-29(20)37-33(23)25)18-26(21-14-7-17-34-30(21)31)24-12-5-10-22-19-8-1-3-15-28(19)36-32(22)24/h1-18,35H. The van der Waals surface area contributed by atoms with Gasteiger partial charge in [0.2, 0.25) is 0 Å². The van der Waals surface area contributed by atoms with Crippen LogP contribution in [0.4, 0.5) is 0 Å². The van der Waals surface area contributed by atoms with E-state index in [0.717, 1.165) is 22.1 Å². The van der Waals surface area contributed by atoms with Crippen molar-refractivity contribution < 1.29 is 5.11 Å². The van der Waals surface area contributed by atoms with Crippen LogP contribution in [0.2, 0.25) is 0 Å². The minimum atomic E-state index is 0.229. The molecule has 8 aromatic rings. The predicted molar refractivity (Wildman–Crippen MR) is 160 cm³/mol. The van der Waals surface area contributed by atoms with Gasteiger partial charge in [-0.25, -0.2) is 0 Å². The van der Waals surface area contributed by atoms with E-state index in [1.54, 1.807) is 17.5 Å². The molecule has 0 aliphatic rings. The van der Waals surface area contributed by atoms with E-state index >= 15 is 0 Å². The number of rotatable bonds is 2. The summed E-state index contributed by atoms with van der Waals surface area (Å²) < 4.78 is 4.96.